The van der Waals surface area contributed by atoms with Crippen LogP contribution in [0.4, 0.5) is 0 Å². The van der Waals surface area contributed by atoms with Crippen molar-refractivity contribution in [2.75, 3.05) is 7.11 Å². The molecule has 0 N–H and O–H groups in total. The largest absolute Gasteiger partial charge is 0.497 e. The smallest absolute Gasteiger partial charge is 0.338 e. The van der Waals surface area contributed by atoms with Crippen LogP contribution in [0, 0.1) is 0 Å². The van der Waals surface area contributed by atoms with Gasteiger partial charge >= 0.3 is 5.97 Å². The number of halogens is 1. The number of benzene rings is 2. The van der Waals surface area contributed by atoms with Gasteiger partial charge in [-0.15, -0.1) is 0 Å². The fourth-order valence-corrected chi connectivity index (χ4v) is 1.76. The first-order valence-electron chi connectivity index (χ1n) is 5.74. The Morgan fingerprint density at radius 1 is 1.16 bits per heavy atom. The maximum absolute atomic E-state index is 11.8. The van der Waals surface area contributed by atoms with Gasteiger partial charge in [0, 0.05) is 5.02 Å². The summed E-state index contributed by atoms with van der Waals surface area (Å²) in [4.78, 5) is 11.8. The van der Waals surface area contributed by atoms with E-state index in [0.717, 1.165) is 11.3 Å². The predicted octanol–water partition coefficient (Wildman–Crippen LogP) is 3.71. The van der Waals surface area contributed by atoms with Gasteiger partial charge in [-0.05, 0) is 35.9 Å². The fraction of sp³-hybridized carbons (Fsp3) is 0.133. The lowest BCUT2D eigenvalue weighted by molar-refractivity contribution is 0.0472. The highest BCUT2D eigenvalue weighted by atomic mass is 35.5. The van der Waals surface area contributed by atoms with Crippen LogP contribution in [0.3, 0.4) is 0 Å². The second-order valence-corrected chi connectivity index (χ2v) is 4.37. The molecule has 0 bridgehead atoms. The van der Waals surface area contributed by atoms with Crippen molar-refractivity contribution in [3.05, 3.63) is 64.7 Å². The number of carbonyl (C=O) groups excluding carboxylic acids is 1. The van der Waals surface area contributed by atoms with Gasteiger partial charge in [0.2, 0.25) is 0 Å². The molecule has 0 aromatic heterocycles. The molecule has 0 aliphatic heterocycles. The topological polar surface area (TPSA) is 35.5 Å². The number of carbonyl (C=O) groups is 1. The maximum Gasteiger partial charge on any atom is 0.338 e. The van der Waals surface area contributed by atoms with Crippen LogP contribution in [0.25, 0.3) is 0 Å². The van der Waals surface area contributed by atoms with Gasteiger partial charge in [-0.1, -0.05) is 29.8 Å². The van der Waals surface area contributed by atoms with Crippen molar-refractivity contribution < 1.29 is 14.3 Å². The van der Waals surface area contributed by atoms with Gasteiger partial charge in [0.1, 0.15) is 12.4 Å². The summed E-state index contributed by atoms with van der Waals surface area (Å²) in [5, 5.41) is 0.513. The summed E-state index contributed by atoms with van der Waals surface area (Å²) < 4.78 is 10.3. The van der Waals surface area contributed by atoms with Crippen molar-refractivity contribution in [1.29, 1.82) is 0 Å². The van der Waals surface area contributed by atoms with Gasteiger partial charge < -0.3 is 9.47 Å². The Labute approximate surface area is 116 Å². The van der Waals surface area contributed by atoms with E-state index in [-0.39, 0.29) is 6.61 Å². The van der Waals surface area contributed by atoms with E-state index in [1.807, 2.05) is 24.3 Å². The van der Waals surface area contributed by atoms with Gasteiger partial charge in [-0.2, -0.15) is 0 Å². The molecule has 2 aromatic carbocycles. The van der Waals surface area contributed by atoms with Crippen molar-refractivity contribution in [1.82, 2.24) is 0 Å². The molecule has 0 saturated carbocycles. The zero-order valence-corrected chi connectivity index (χ0v) is 11.2. The van der Waals surface area contributed by atoms with E-state index in [9.17, 15) is 4.79 Å². The molecule has 0 saturated heterocycles. The number of esters is 1. The van der Waals surface area contributed by atoms with Crippen molar-refractivity contribution in [2.45, 2.75) is 6.61 Å². The third kappa shape index (κ3) is 3.73. The molecule has 19 heavy (non-hydrogen) atoms. The van der Waals surface area contributed by atoms with E-state index in [4.69, 9.17) is 21.1 Å². The lowest BCUT2D eigenvalue weighted by atomic mass is 10.2. The first-order valence-corrected chi connectivity index (χ1v) is 6.12. The Hall–Kier alpha value is -2.00. The zero-order chi connectivity index (χ0) is 13.7. The van der Waals surface area contributed by atoms with Gasteiger partial charge in [0.15, 0.2) is 0 Å². The fourth-order valence-electron chi connectivity index (χ4n) is 1.57. The Bertz CT molecular complexity index is 564. The minimum atomic E-state index is -0.390. The molecule has 98 valence electrons. The van der Waals surface area contributed by atoms with Crippen LogP contribution in [0.1, 0.15) is 15.9 Å². The second-order valence-electron chi connectivity index (χ2n) is 3.93. The van der Waals surface area contributed by atoms with Gasteiger partial charge in [0.25, 0.3) is 0 Å². The molecule has 0 fully saturated rings. The summed E-state index contributed by atoms with van der Waals surface area (Å²) in [6.45, 7) is 0.218. The van der Waals surface area contributed by atoms with Crippen molar-refractivity contribution in [3.8, 4) is 5.75 Å². The molecule has 2 aromatic rings. The third-order valence-electron chi connectivity index (χ3n) is 2.59. The SMILES string of the molecule is COc1ccc(COC(=O)c2cccc(Cl)c2)cc1. The van der Waals surface area contributed by atoms with Crippen LogP contribution in [0.2, 0.25) is 5.02 Å². The molecule has 4 heteroatoms. The number of methoxy groups -OCH3 is 1. The van der Waals surface area contributed by atoms with Crippen LogP contribution in [0.15, 0.2) is 48.5 Å². The zero-order valence-electron chi connectivity index (χ0n) is 10.4. The van der Waals surface area contributed by atoms with Crippen molar-refractivity contribution in [3.63, 3.8) is 0 Å². The molecule has 0 aliphatic rings. The third-order valence-corrected chi connectivity index (χ3v) is 2.82. The molecule has 0 aliphatic carbocycles. The first kappa shape index (κ1) is 13.4. The monoisotopic (exact) mass is 276 g/mol. The maximum atomic E-state index is 11.8. The molecule has 0 spiro atoms. The highest BCUT2D eigenvalue weighted by Gasteiger charge is 2.07. The van der Waals surface area contributed by atoms with E-state index in [2.05, 4.69) is 0 Å². The average Bonchev–Trinajstić information content (AvgIpc) is 2.45. The Kier molecular flexibility index (Phi) is 4.42. The van der Waals surface area contributed by atoms with Crippen LogP contribution >= 0.6 is 11.6 Å². The standard InChI is InChI=1S/C15H13ClO3/c1-18-14-7-5-11(6-8-14)10-19-15(17)12-3-2-4-13(16)9-12/h2-9H,10H2,1H3. The van der Waals surface area contributed by atoms with E-state index in [0.29, 0.717) is 10.6 Å². The molecular weight excluding hydrogens is 264 g/mol. The Balaban J connectivity index is 1.96. The minimum absolute atomic E-state index is 0.218. The van der Waals surface area contributed by atoms with Crippen LogP contribution < -0.4 is 4.74 Å². The van der Waals surface area contributed by atoms with E-state index < -0.39 is 5.97 Å². The summed E-state index contributed by atoms with van der Waals surface area (Å²) in [5.41, 5.74) is 1.34. The molecule has 3 nitrogen and oxygen atoms in total. The van der Waals surface area contributed by atoms with E-state index in [1.165, 1.54) is 0 Å². The summed E-state index contributed by atoms with van der Waals surface area (Å²) in [6, 6.07) is 14.0. The molecule has 0 heterocycles. The highest BCUT2D eigenvalue weighted by molar-refractivity contribution is 6.30. The summed E-state index contributed by atoms with van der Waals surface area (Å²) in [6.07, 6.45) is 0. The summed E-state index contributed by atoms with van der Waals surface area (Å²) >= 11 is 5.82. The molecule has 2 rings (SSSR count). The number of hydrogen-bond donors (Lipinski definition) is 0. The second kappa shape index (κ2) is 6.25. The van der Waals surface area contributed by atoms with Crippen LogP contribution in [-0.2, 0) is 11.3 Å². The highest BCUT2D eigenvalue weighted by Crippen LogP contribution is 2.14. The molecule has 0 unspecified atom stereocenters. The quantitative estimate of drug-likeness (QED) is 0.799. The van der Waals surface area contributed by atoms with E-state index in [1.54, 1.807) is 31.4 Å². The average molecular weight is 277 g/mol. The van der Waals surface area contributed by atoms with Crippen molar-refractivity contribution in [2.24, 2.45) is 0 Å². The predicted molar refractivity (Wildman–Crippen MR) is 73.6 cm³/mol. The lowest BCUT2D eigenvalue weighted by Crippen LogP contribution is -2.05. The van der Waals surface area contributed by atoms with E-state index >= 15 is 0 Å². The van der Waals surface area contributed by atoms with Gasteiger partial charge in [-0.3, -0.25) is 0 Å². The Morgan fingerprint density at radius 2 is 1.89 bits per heavy atom. The molecule has 0 amide bonds. The Morgan fingerprint density at radius 3 is 2.53 bits per heavy atom. The molecule has 0 atom stereocenters. The summed E-state index contributed by atoms with van der Waals surface area (Å²) in [7, 11) is 1.61. The van der Waals surface area contributed by atoms with Crippen LogP contribution in [0.5, 0.6) is 5.75 Å². The van der Waals surface area contributed by atoms with Gasteiger partial charge in [0.05, 0.1) is 12.7 Å². The lowest BCUT2D eigenvalue weighted by Gasteiger charge is -2.06. The first-order chi connectivity index (χ1) is 9.19. The number of ether oxygens (including phenoxy) is 2. The number of rotatable bonds is 4. The van der Waals surface area contributed by atoms with Crippen molar-refractivity contribution >= 4 is 17.6 Å². The normalized spacial score (nSPS) is 10.0. The molecular formula is C15H13ClO3. The number of hydrogen-bond acceptors (Lipinski definition) is 3. The summed E-state index contributed by atoms with van der Waals surface area (Å²) in [5.74, 6) is 0.378. The van der Waals surface area contributed by atoms with Gasteiger partial charge in [-0.25, -0.2) is 4.79 Å². The minimum Gasteiger partial charge on any atom is -0.497 e. The van der Waals surface area contributed by atoms with Crippen LogP contribution in [-0.4, -0.2) is 13.1 Å². The molecule has 0 radical (unpaired) electrons.